The average Bonchev–Trinajstić information content (AvgIpc) is 2.46. The van der Waals surface area contributed by atoms with Crippen LogP contribution in [0.2, 0.25) is 0 Å². The Bertz CT molecular complexity index is 638. The molecule has 0 fully saturated rings. The smallest absolute Gasteiger partial charge is 0.249 e. The third-order valence-electron chi connectivity index (χ3n) is 3.38. The maximum atomic E-state index is 11.3. The van der Waals surface area contributed by atoms with Gasteiger partial charge in [0.15, 0.2) is 0 Å². The second-order valence-electron chi connectivity index (χ2n) is 4.95. The molecule has 0 unspecified atom stereocenters. The number of carbonyl (C=O) groups excluding carboxylic acids is 1. The lowest BCUT2D eigenvalue weighted by atomic mass is 10.1. The number of anilines is 1. The second-order valence-corrected chi connectivity index (χ2v) is 4.95. The first-order valence-corrected chi connectivity index (χ1v) is 6.82. The van der Waals surface area contributed by atoms with Crippen molar-refractivity contribution in [2.75, 3.05) is 12.4 Å². The highest BCUT2D eigenvalue weighted by atomic mass is 16.5. The van der Waals surface area contributed by atoms with E-state index in [1.54, 1.807) is 13.2 Å². The summed E-state index contributed by atoms with van der Waals surface area (Å²) in [5.41, 5.74) is 10.0. The number of methoxy groups -OCH3 is 1. The number of hydrogen-bond acceptors (Lipinski definition) is 3. The van der Waals surface area contributed by atoms with Crippen molar-refractivity contribution in [1.82, 2.24) is 0 Å². The molecule has 0 saturated heterocycles. The molecule has 0 aliphatic carbocycles. The topological polar surface area (TPSA) is 64.3 Å². The molecule has 0 aromatic heterocycles. The van der Waals surface area contributed by atoms with E-state index in [1.807, 2.05) is 31.2 Å². The van der Waals surface area contributed by atoms with Crippen molar-refractivity contribution < 1.29 is 9.53 Å². The molecule has 0 aliphatic heterocycles. The number of amides is 1. The predicted octanol–water partition coefficient (Wildman–Crippen LogP) is 2.85. The Labute approximate surface area is 124 Å². The summed E-state index contributed by atoms with van der Waals surface area (Å²) in [5, 5.41) is 3.35. The van der Waals surface area contributed by atoms with Crippen molar-refractivity contribution >= 4 is 11.6 Å². The first kappa shape index (κ1) is 15.1. The van der Waals surface area contributed by atoms with E-state index in [9.17, 15) is 4.79 Å². The molecular formula is C17H20N2O2. The van der Waals surface area contributed by atoms with E-state index < -0.39 is 5.91 Å². The Morgan fingerprint density at radius 1 is 1.19 bits per heavy atom. The molecule has 2 aromatic carbocycles. The molecule has 21 heavy (non-hydrogen) atoms. The van der Waals surface area contributed by atoms with Gasteiger partial charge in [-0.05, 0) is 35.7 Å². The zero-order valence-corrected chi connectivity index (χ0v) is 12.3. The standard InChI is InChI=1S/C17H20N2O2/c1-12-15(17(18)20)7-4-8-16(12)19-10-13-5-3-6-14(9-13)11-21-2/h3-9,19H,10-11H2,1-2H3,(H2,18,20). The fourth-order valence-electron chi connectivity index (χ4n) is 2.29. The van der Waals surface area contributed by atoms with E-state index in [0.717, 1.165) is 22.4 Å². The van der Waals surface area contributed by atoms with Gasteiger partial charge in [0.05, 0.1) is 6.61 Å². The summed E-state index contributed by atoms with van der Waals surface area (Å²) in [4.78, 5) is 11.3. The van der Waals surface area contributed by atoms with E-state index in [1.165, 1.54) is 0 Å². The number of nitrogens with two attached hydrogens (primary N) is 1. The number of benzene rings is 2. The Morgan fingerprint density at radius 2 is 1.90 bits per heavy atom. The molecule has 0 spiro atoms. The molecule has 0 heterocycles. The molecule has 2 rings (SSSR count). The van der Waals surface area contributed by atoms with Crippen molar-refractivity contribution in [1.29, 1.82) is 0 Å². The zero-order valence-electron chi connectivity index (χ0n) is 12.3. The van der Waals surface area contributed by atoms with Gasteiger partial charge in [0.1, 0.15) is 0 Å². The number of ether oxygens (including phenoxy) is 1. The lowest BCUT2D eigenvalue weighted by molar-refractivity contribution is 0.1000. The van der Waals surface area contributed by atoms with Crippen LogP contribution in [0.15, 0.2) is 42.5 Å². The van der Waals surface area contributed by atoms with Crippen LogP contribution >= 0.6 is 0 Å². The minimum atomic E-state index is -0.404. The predicted molar refractivity (Wildman–Crippen MR) is 84.2 cm³/mol. The molecule has 0 aliphatic rings. The minimum absolute atomic E-state index is 0.404. The van der Waals surface area contributed by atoms with Crippen molar-refractivity contribution in [3.8, 4) is 0 Å². The molecule has 110 valence electrons. The molecule has 4 nitrogen and oxygen atoms in total. The Balaban J connectivity index is 2.11. The lowest BCUT2D eigenvalue weighted by Gasteiger charge is -2.12. The van der Waals surface area contributed by atoms with Crippen LogP contribution in [0.3, 0.4) is 0 Å². The Hall–Kier alpha value is -2.33. The average molecular weight is 284 g/mol. The number of carbonyl (C=O) groups is 1. The molecule has 0 radical (unpaired) electrons. The van der Waals surface area contributed by atoms with Crippen molar-refractivity contribution in [2.24, 2.45) is 5.73 Å². The van der Waals surface area contributed by atoms with Gasteiger partial charge in [-0.15, -0.1) is 0 Å². The van der Waals surface area contributed by atoms with E-state index in [0.29, 0.717) is 18.7 Å². The molecule has 3 N–H and O–H groups in total. The number of rotatable bonds is 6. The minimum Gasteiger partial charge on any atom is -0.381 e. The van der Waals surface area contributed by atoms with Crippen molar-refractivity contribution in [3.05, 3.63) is 64.7 Å². The summed E-state index contributed by atoms with van der Waals surface area (Å²) in [6.07, 6.45) is 0. The molecule has 0 saturated carbocycles. The fraction of sp³-hybridized carbons (Fsp3) is 0.235. The van der Waals surface area contributed by atoms with Gasteiger partial charge < -0.3 is 15.8 Å². The Kier molecular flexibility index (Phi) is 4.95. The first-order chi connectivity index (χ1) is 10.1. The molecule has 1 amide bonds. The van der Waals surface area contributed by atoms with Crippen LogP contribution in [0, 0.1) is 6.92 Å². The highest BCUT2D eigenvalue weighted by Gasteiger charge is 2.08. The summed E-state index contributed by atoms with van der Waals surface area (Å²) in [5.74, 6) is -0.404. The van der Waals surface area contributed by atoms with Gasteiger partial charge in [-0.3, -0.25) is 4.79 Å². The normalized spacial score (nSPS) is 10.4. The Morgan fingerprint density at radius 3 is 2.62 bits per heavy atom. The molecule has 4 heteroatoms. The van der Waals surface area contributed by atoms with Gasteiger partial charge in [-0.1, -0.05) is 30.3 Å². The highest BCUT2D eigenvalue weighted by molar-refractivity contribution is 5.95. The lowest BCUT2D eigenvalue weighted by Crippen LogP contribution is -2.13. The van der Waals surface area contributed by atoms with Crippen LogP contribution in [0.5, 0.6) is 0 Å². The summed E-state index contributed by atoms with van der Waals surface area (Å²) in [6.45, 7) is 3.18. The first-order valence-electron chi connectivity index (χ1n) is 6.82. The van der Waals surface area contributed by atoms with E-state index in [4.69, 9.17) is 10.5 Å². The monoisotopic (exact) mass is 284 g/mol. The van der Waals surface area contributed by atoms with Gasteiger partial charge in [-0.2, -0.15) is 0 Å². The van der Waals surface area contributed by atoms with Gasteiger partial charge in [0.2, 0.25) is 5.91 Å². The van der Waals surface area contributed by atoms with Crippen molar-refractivity contribution in [2.45, 2.75) is 20.1 Å². The maximum Gasteiger partial charge on any atom is 0.249 e. The van der Waals surface area contributed by atoms with E-state index in [-0.39, 0.29) is 0 Å². The number of hydrogen-bond donors (Lipinski definition) is 2. The quantitative estimate of drug-likeness (QED) is 0.857. The second kappa shape index (κ2) is 6.90. The van der Waals surface area contributed by atoms with Gasteiger partial charge in [-0.25, -0.2) is 0 Å². The van der Waals surface area contributed by atoms with E-state index in [2.05, 4.69) is 17.4 Å². The van der Waals surface area contributed by atoms with Crippen LogP contribution in [0.25, 0.3) is 0 Å². The number of nitrogens with one attached hydrogen (secondary N) is 1. The maximum absolute atomic E-state index is 11.3. The van der Waals surface area contributed by atoms with Gasteiger partial charge >= 0.3 is 0 Å². The summed E-state index contributed by atoms with van der Waals surface area (Å²) < 4.78 is 5.14. The fourth-order valence-corrected chi connectivity index (χ4v) is 2.29. The third-order valence-corrected chi connectivity index (χ3v) is 3.38. The SMILES string of the molecule is COCc1cccc(CNc2cccc(C(N)=O)c2C)c1. The van der Waals surface area contributed by atoms with Crippen LogP contribution in [0.4, 0.5) is 5.69 Å². The molecule has 2 aromatic rings. The van der Waals surface area contributed by atoms with Crippen LogP contribution < -0.4 is 11.1 Å². The van der Waals surface area contributed by atoms with Crippen molar-refractivity contribution in [3.63, 3.8) is 0 Å². The summed E-state index contributed by atoms with van der Waals surface area (Å²) in [6, 6.07) is 13.7. The van der Waals surface area contributed by atoms with E-state index >= 15 is 0 Å². The molecule has 0 bridgehead atoms. The van der Waals surface area contributed by atoms with Gasteiger partial charge in [0, 0.05) is 24.9 Å². The largest absolute Gasteiger partial charge is 0.381 e. The number of primary amides is 1. The third kappa shape index (κ3) is 3.83. The van der Waals surface area contributed by atoms with Crippen LogP contribution in [0.1, 0.15) is 27.0 Å². The molecule has 0 atom stereocenters. The van der Waals surface area contributed by atoms with Crippen LogP contribution in [-0.4, -0.2) is 13.0 Å². The highest BCUT2D eigenvalue weighted by Crippen LogP contribution is 2.19. The summed E-state index contributed by atoms with van der Waals surface area (Å²) >= 11 is 0. The molecular weight excluding hydrogens is 264 g/mol. The zero-order chi connectivity index (χ0) is 15.2. The summed E-state index contributed by atoms with van der Waals surface area (Å²) in [7, 11) is 1.68. The van der Waals surface area contributed by atoms with Crippen LogP contribution in [-0.2, 0) is 17.9 Å². The van der Waals surface area contributed by atoms with Gasteiger partial charge in [0.25, 0.3) is 0 Å².